The Hall–Kier alpha value is -3.01. The molecule has 1 amide bonds. The van der Waals surface area contributed by atoms with Gasteiger partial charge in [0.1, 0.15) is 6.54 Å². The van der Waals surface area contributed by atoms with Crippen molar-refractivity contribution in [2.24, 2.45) is 0 Å². The molecule has 0 unspecified atom stereocenters. The van der Waals surface area contributed by atoms with Crippen LogP contribution in [0.3, 0.4) is 0 Å². The van der Waals surface area contributed by atoms with Crippen LogP contribution in [0.1, 0.15) is 19.2 Å². The second-order valence-electron chi connectivity index (χ2n) is 7.40. The van der Waals surface area contributed by atoms with Gasteiger partial charge in [-0.3, -0.25) is 9.59 Å². The highest BCUT2D eigenvalue weighted by Gasteiger charge is 2.38. The van der Waals surface area contributed by atoms with Crippen molar-refractivity contribution < 1.29 is 27.5 Å². The van der Waals surface area contributed by atoms with E-state index in [1.165, 1.54) is 12.1 Å². The van der Waals surface area contributed by atoms with E-state index in [1.807, 2.05) is 24.3 Å². The summed E-state index contributed by atoms with van der Waals surface area (Å²) in [4.78, 5) is 31.3. The lowest BCUT2D eigenvalue weighted by Crippen LogP contribution is -2.36. The number of imidazole rings is 1. The fourth-order valence-electron chi connectivity index (χ4n) is 3.59. The van der Waals surface area contributed by atoms with Crippen LogP contribution in [0.15, 0.2) is 53.4 Å². The van der Waals surface area contributed by atoms with Gasteiger partial charge in [0.25, 0.3) is 5.91 Å². The number of fused-ring (bicyclic) bond motifs is 2. The lowest BCUT2D eigenvalue weighted by molar-refractivity contribution is -0.152. The van der Waals surface area contributed by atoms with Crippen molar-refractivity contribution in [1.29, 1.82) is 0 Å². The number of anilines is 1. The second kappa shape index (κ2) is 8.85. The maximum absolute atomic E-state index is 13.4. The van der Waals surface area contributed by atoms with E-state index in [0.29, 0.717) is 11.8 Å². The molecule has 0 N–H and O–H groups in total. The molecule has 0 aliphatic carbocycles. The van der Waals surface area contributed by atoms with Crippen LogP contribution < -0.4 is 4.90 Å². The van der Waals surface area contributed by atoms with Crippen LogP contribution in [-0.2, 0) is 27.0 Å². The largest absolute Gasteiger partial charge is 0.454 e. The number of para-hydroxylation sites is 3. The number of carbonyl (C=O) groups excluding carboxylic acids is 2. The first kappa shape index (κ1) is 22.2. The average Bonchev–Trinajstić information content (AvgIpc) is 3.03. The topological polar surface area (TPSA) is 64.4 Å². The van der Waals surface area contributed by atoms with Gasteiger partial charge >= 0.3 is 12.1 Å². The molecule has 1 aromatic heterocycles. The molecule has 168 valence electrons. The number of ether oxygens (including phenoxy) is 1. The van der Waals surface area contributed by atoms with Crippen LogP contribution in [0, 0.1) is 0 Å². The summed E-state index contributed by atoms with van der Waals surface area (Å²) in [6.45, 7) is 1.28. The Morgan fingerprint density at radius 2 is 1.88 bits per heavy atom. The van der Waals surface area contributed by atoms with Crippen molar-refractivity contribution >= 4 is 40.4 Å². The Bertz CT molecular complexity index is 1160. The minimum atomic E-state index is -4.74. The molecule has 0 fully saturated rings. The van der Waals surface area contributed by atoms with E-state index in [0.717, 1.165) is 21.6 Å². The standard InChI is InChI=1S/C22H20F3N3O3S/c1-14-10-11-27(17-8-4-5-9-18(17)32-14)19(29)13-31-20(30)12-28-16-7-3-2-6-15(16)26-21(28)22(23,24)25/h2-9,14H,10-13H2,1H3/t14-/m0/s1. The van der Waals surface area contributed by atoms with Crippen molar-refractivity contribution in [1.82, 2.24) is 9.55 Å². The molecule has 4 rings (SSSR count). The Morgan fingerprint density at radius 1 is 1.16 bits per heavy atom. The Balaban J connectivity index is 1.48. The Kier molecular flexibility index (Phi) is 6.14. The first-order chi connectivity index (χ1) is 15.2. The van der Waals surface area contributed by atoms with Crippen molar-refractivity contribution in [2.45, 2.75) is 36.2 Å². The van der Waals surface area contributed by atoms with E-state index in [1.54, 1.807) is 28.8 Å². The smallest absolute Gasteiger partial charge is 0.449 e. The third-order valence-electron chi connectivity index (χ3n) is 5.10. The summed E-state index contributed by atoms with van der Waals surface area (Å²) in [6.07, 6.45) is -3.98. The van der Waals surface area contributed by atoms with Gasteiger partial charge in [0.2, 0.25) is 5.82 Å². The summed E-state index contributed by atoms with van der Waals surface area (Å²) in [5.74, 6) is -2.56. The average molecular weight is 463 g/mol. The quantitative estimate of drug-likeness (QED) is 0.533. The fourth-order valence-corrected chi connectivity index (χ4v) is 4.71. The highest BCUT2D eigenvalue weighted by Crippen LogP contribution is 2.37. The molecular weight excluding hydrogens is 443 g/mol. The molecule has 6 nitrogen and oxygen atoms in total. The molecule has 10 heteroatoms. The summed E-state index contributed by atoms with van der Waals surface area (Å²) in [7, 11) is 0. The molecule has 0 saturated carbocycles. The number of benzene rings is 2. The van der Waals surface area contributed by atoms with Crippen LogP contribution in [0.2, 0.25) is 0 Å². The highest BCUT2D eigenvalue weighted by molar-refractivity contribution is 8.00. The van der Waals surface area contributed by atoms with Crippen LogP contribution in [0.25, 0.3) is 11.0 Å². The highest BCUT2D eigenvalue weighted by atomic mass is 32.2. The number of nitrogens with zero attached hydrogens (tertiary/aromatic N) is 3. The van der Waals surface area contributed by atoms with Gasteiger partial charge in [-0.15, -0.1) is 11.8 Å². The number of hydrogen-bond acceptors (Lipinski definition) is 5. The number of halogens is 3. The van der Waals surface area contributed by atoms with E-state index in [9.17, 15) is 22.8 Å². The monoisotopic (exact) mass is 463 g/mol. The molecule has 3 aromatic rings. The fraction of sp³-hybridized carbons (Fsp3) is 0.318. The maximum Gasteiger partial charge on any atom is 0.449 e. The Labute approximate surface area is 186 Å². The van der Waals surface area contributed by atoms with E-state index in [-0.39, 0.29) is 11.0 Å². The third-order valence-corrected chi connectivity index (χ3v) is 6.33. The van der Waals surface area contributed by atoms with E-state index in [2.05, 4.69) is 11.9 Å². The minimum absolute atomic E-state index is 0.122. The minimum Gasteiger partial charge on any atom is -0.454 e. The number of esters is 1. The molecule has 1 aliphatic heterocycles. The van der Waals surface area contributed by atoms with Gasteiger partial charge in [0.15, 0.2) is 6.61 Å². The predicted octanol–water partition coefficient (Wildman–Crippen LogP) is 4.52. The number of aromatic nitrogens is 2. The van der Waals surface area contributed by atoms with Crippen LogP contribution >= 0.6 is 11.8 Å². The molecule has 1 aliphatic rings. The molecule has 0 radical (unpaired) electrons. The van der Waals surface area contributed by atoms with Gasteiger partial charge < -0.3 is 14.2 Å². The van der Waals surface area contributed by atoms with Gasteiger partial charge in [0, 0.05) is 16.7 Å². The zero-order chi connectivity index (χ0) is 22.9. The number of amides is 1. The summed E-state index contributed by atoms with van der Waals surface area (Å²) in [5.41, 5.74) is 1.02. The van der Waals surface area contributed by atoms with Crippen LogP contribution in [-0.4, -0.2) is 39.8 Å². The van der Waals surface area contributed by atoms with Crippen LogP contribution in [0.5, 0.6) is 0 Å². The van der Waals surface area contributed by atoms with E-state index >= 15 is 0 Å². The summed E-state index contributed by atoms with van der Waals surface area (Å²) < 4.78 is 46.1. The first-order valence-corrected chi connectivity index (χ1v) is 10.9. The van der Waals surface area contributed by atoms with Gasteiger partial charge in [-0.1, -0.05) is 31.2 Å². The van der Waals surface area contributed by atoms with Crippen molar-refractivity contribution in [3.8, 4) is 0 Å². The second-order valence-corrected chi connectivity index (χ2v) is 8.88. The Morgan fingerprint density at radius 3 is 2.66 bits per heavy atom. The zero-order valence-electron chi connectivity index (χ0n) is 17.1. The zero-order valence-corrected chi connectivity index (χ0v) is 17.9. The summed E-state index contributed by atoms with van der Waals surface area (Å²) >= 11 is 1.67. The molecular formula is C22H20F3N3O3S. The first-order valence-electron chi connectivity index (χ1n) is 9.98. The summed E-state index contributed by atoms with van der Waals surface area (Å²) in [5, 5.41) is 0.312. The maximum atomic E-state index is 13.4. The molecule has 0 bridgehead atoms. The number of carbonyl (C=O) groups is 2. The van der Waals surface area contributed by atoms with Crippen LogP contribution in [0.4, 0.5) is 18.9 Å². The SMILES string of the molecule is C[C@H]1CCN(C(=O)COC(=O)Cn2c(C(F)(F)F)nc3ccccc32)c2ccccc2S1. The number of hydrogen-bond donors (Lipinski definition) is 0. The van der Waals surface area contributed by atoms with Gasteiger partial charge in [0.05, 0.1) is 16.7 Å². The van der Waals surface area contributed by atoms with Gasteiger partial charge in [-0.2, -0.15) is 13.2 Å². The van der Waals surface area contributed by atoms with Crippen molar-refractivity contribution in [3.05, 3.63) is 54.4 Å². The van der Waals surface area contributed by atoms with Crippen molar-refractivity contribution in [2.75, 3.05) is 18.1 Å². The molecule has 1 atom stereocenters. The number of alkyl halides is 3. The van der Waals surface area contributed by atoms with Gasteiger partial charge in [-0.05, 0) is 30.7 Å². The lowest BCUT2D eigenvalue weighted by Gasteiger charge is -2.22. The van der Waals surface area contributed by atoms with Crippen molar-refractivity contribution in [3.63, 3.8) is 0 Å². The molecule has 32 heavy (non-hydrogen) atoms. The van der Waals surface area contributed by atoms with E-state index in [4.69, 9.17) is 4.74 Å². The molecule has 2 heterocycles. The molecule has 0 spiro atoms. The summed E-state index contributed by atoms with van der Waals surface area (Å²) in [6, 6.07) is 13.5. The molecule has 2 aromatic carbocycles. The number of thioether (sulfide) groups is 1. The molecule has 0 saturated heterocycles. The number of rotatable bonds is 4. The normalized spacial score (nSPS) is 16.5. The predicted molar refractivity (Wildman–Crippen MR) is 114 cm³/mol. The lowest BCUT2D eigenvalue weighted by atomic mass is 10.2. The van der Waals surface area contributed by atoms with E-state index < -0.39 is 37.0 Å². The third kappa shape index (κ3) is 4.59. The van der Waals surface area contributed by atoms with Gasteiger partial charge in [-0.25, -0.2) is 4.98 Å².